The van der Waals surface area contributed by atoms with E-state index in [9.17, 15) is 14.4 Å². The van der Waals surface area contributed by atoms with Crippen LogP contribution >= 0.6 is 11.6 Å². The smallest absolute Gasteiger partial charge is 0.306 e. The van der Waals surface area contributed by atoms with E-state index in [1.165, 1.54) is 7.11 Å². The van der Waals surface area contributed by atoms with Crippen LogP contribution < -0.4 is 5.43 Å². The van der Waals surface area contributed by atoms with Crippen molar-refractivity contribution in [2.45, 2.75) is 6.42 Å². The Balaban J connectivity index is 2.53. The van der Waals surface area contributed by atoms with Gasteiger partial charge in [0.15, 0.2) is 0 Å². The first-order valence-electron chi connectivity index (χ1n) is 4.32. The van der Waals surface area contributed by atoms with Crippen molar-refractivity contribution in [3.05, 3.63) is 0 Å². The van der Waals surface area contributed by atoms with E-state index in [1.807, 2.05) is 0 Å². The highest BCUT2D eigenvalue weighted by molar-refractivity contribution is 6.27. The number of nitrogens with one attached hydrogen (secondary N) is 1. The van der Waals surface area contributed by atoms with Gasteiger partial charge in [-0.2, -0.15) is 0 Å². The van der Waals surface area contributed by atoms with Crippen LogP contribution in [0.4, 0.5) is 0 Å². The highest BCUT2D eigenvalue weighted by atomic mass is 35.5. The van der Waals surface area contributed by atoms with Crippen LogP contribution in [0.2, 0.25) is 0 Å². The fourth-order valence-electron chi connectivity index (χ4n) is 1.25. The molecule has 0 bridgehead atoms. The lowest BCUT2D eigenvalue weighted by atomic mass is 10.1. The number of rotatable bonds is 3. The maximum absolute atomic E-state index is 11.3. The fraction of sp³-hybridized carbons (Fsp3) is 0.625. The average molecular weight is 235 g/mol. The van der Waals surface area contributed by atoms with Crippen molar-refractivity contribution in [2.75, 3.05) is 19.5 Å². The monoisotopic (exact) mass is 234 g/mol. The second-order valence-electron chi connectivity index (χ2n) is 3.09. The van der Waals surface area contributed by atoms with E-state index in [1.54, 1.807) is 0 Å². The molecule has 1 fully saturated rings. The van der Waals surface area contributed by atoms with Crippen molar-refractivity contribution < 1.29 is 19.1 Å². The predicted octanol–water partition coefficient (Wildman–Crippen LogP) is -0.722. The van der Waals surface area contributed by atoms with Crippen molar-refractivity contribution in [2.24, 2.45) is 5.92 Å². The van der Waals surface area contributed by atoms with E-state index >= 15 is 0 Å². The van der Waals surface area contributed by atoms with E-state index in [4.69, 9.17) is 11.6 Å². The topological polar surface area (TPSA) is 75.7 Å². The number of hydrogen-bond acceptors (Lipinski definition) is 4. The van der Waals surface area contributed by atoms with Gasteiger partial charge < -0.3 is 4.74 Å². The van der Waals surface area contributed by atoms with Crippen LogP contribution in [0.3, 0.4) is 0 Å². The summed E-state index contributed by atoms with van der Waals surface area (Å²) in [5, 5.41) is 1.11. The molecule has 1 saturated heterocycles. The van der Waals surface area contributed by atoms with Gasteiger partial charge in [0.05, 0.1) is 26.0 Å². The molecule has 1 heterocycles. The molecule has 15 heavy (non-hydrogen) atoms. The molecule has 7 heteroatoms. The number of methoxy groups -OCH3 is 1. The zero-order valence-corrected chi connectivity index (χ0v) is 8.91. The number of hydrazine groups is 1. The van der Waals surface area contributed by atoms with Crippen LogP contribution in [0.1, 0.15) is 6.42 Å². The number of carbonyl (C=O) groups excluding carboxylic acids is 3. The molecule has 6 nitrogen and oxygen atoms in total. The summed E-state index contributed by atoms with van der Waals surface area (Å²) < 4.78 is 4.43. The molecule has 0 aliphatic carbocycles. The second-order valence-corrected chi connectivity index (χ2v) is 3.36. The van der Waals surface area contributed by atoms with Crippen molar-refractivity contribution in [1.82, 2.24) is 10.4 Å². The van der Waals surface area contributed by atoms with E-state index in [0.717, 1.165) is 5.01 Å². The first-order chi connectivity index (χ1) is 7.08. The molecular weight excluding hydrogens is 224 g/mol. The Labute approximate surface area is 91.5 Å². The maximum atomic E-state index is 11.3. The quantitative estimate of drug-likeness (QED) is 0.517. The number of hydrogen-bond donors (Lipinski definition) is 1. The van der Waals surface area contributed by atoms with Gasteiger partial charge in [-0.1, -0.05) is 0 Å². The molecule has 0 saturated carbocycles. The van der Waals surface area contributed by atoms with Gasteiger partial charge in [-0.15, -0.1) is 11.6 Å². The molecule has 0 aromatic carbocycles. The van der Waals surface area contributed by atoms with Gasteiger partial charge in [0, 0.05) is 0 Å². The van der Waals surface area contributed by atoms with Crippen molar-refractivity contribution in [3.8, 4) is 0 Å². The zero-order valence-electron chi connectivity index (χ0n) is 8.16. The van der Waals surface area contributed by atoms with Gasteiger partial charge >= 0.3 is 5.97 Å². The van der Waals surface area contributed by atoms with Gasteiger partial charge in [-0.05, 0) is 0 Å². The molecule has 1 aliphatic rings. The minimum absolute atomic E-state index is 0.0333. The Bertz CT molecular complexity index is 294. The van der Waals surface area contributed by atoms with Crippen LogP contribution in [0.15, 0.2) is 0 Å². The predicted molar refractivity (Wildman–Crippen MR) is 50.7 cm³/mol. The lowest BCUT2D eigenvalue weighted by Gasteiger charge is -2.12. The molecule has 0 aromatic rings. The highest BCUT2D eigenvalue weighted by Crippen LogP contribution is 2.13. The van der Waals surface area contributed by atoms with Crippen molar-refractivity contribution >= 4 is 29.4 Å². The largest absolute Gasteiger partial charge is 0.469 e. The number of alkyl halides is 1. The SMILES string of the molecule is COC(=O)C[C@H]1CN(C(=O)CCl)NC1=O. The van der Waals surface area contributed by atoms with Gasteiger partial charge in [0.25, 0.3) is 5.91 Å². The third-order valence-corrected chi connectivity index (χ3v) is 2.30. The van der Waals surface area contributed by atoms with Gasteiger partial charge in [0.1, 0.15) is 5.88 Å². The van der Waals surface area contributed by atoms with Gasteiger partial charge in [-0.25, -0.2) is 0 Å². The summed E-state index contributed by atoms with van der Waals surface area (Å²) in [7, 11) is 1.25. The number of esters is 1. The fourth-order valence-corrected chi connectivity index (χ4v) is 1.40. The first kappa shape index (κ1) is 11.8. The summed E-state index contributed by atoms with van der Waals surface area (Å²) in [6, 6.07) is 0. The molecule has 1 atom stereocenters. The standard InChI is InChI=1S/C8H11ClN2O4/c1-15-7(13)2-5-4-11(6(12)3-9)10-8(5)14/h5H,2-4H2,1H3,(H,10,14)/t5-/m0/s1. The third kappa shape index (κ3) is 2.82. The Hall–Kier alpha value is -1.30. The second kappa shape index (κ2) is 4.97. The number of carbonyl (C=O) groups is 3. The lowest BCUT2D eigenvalue weighted by Crippen LogP contribution is -2.39. The molecule has 84 valence electrons. The van der Waals surface area contributed by atoms with E-state index in [-0.39, 0.29) is 24.8 Å². The summed E-state index contributed by atoms with van der Waals surface area (Å²) >= 11 is 5.33. The normalized spacial score (nSPS) is 20.0. The van der Waals surface area contributed by atoms with Crippen LogP contribution in [-0.4, -0.2) is 42.3 Å². The average Bonchev–Trinajstić information content (AvgIpc) is 2.59. The number of nitrogens with zero attached hydrogens (tertiary/aromatic N) is 1. The molecule has 0 spiro atoms. The summed E-state index contributed by atoms with van der Waals surface area (Å²) in [6.45, 7) is 0.152. The van der Waals surface area contributed by atoms with Crippen LogP contribution in [0, 0.1) is 5.92 Å². The van der Waals surface area contributed by atoms with Crippen LogP contribution in [0.5, 0.6) is 0 Å². The maximum Gasteiger partial charge on any atom is 0.306 e. The van der Waals surface area contributed by atoms with E-state index in [0.29, 0.717) is 0 Å². The molecule has 1 rings (SSSR count). The Morgan fingerprint density at radius 3 is 2.87 bits per heavy atom. The molecule has 1 N–H and O–H groups in total. The summed E-state index contributed by atoms with van der Waals surface area (Å²) in [4.78, 5) is 33.4. The molecular formula is C8H11ClN2O4. The Kier molecular flexibility index (Phi) is 3.90. The van der Waals surface area contributed by atoms with Gasteiger partial charge in [-0.3, -0.25) is 24.8 Å². The summed E-state index contributed by atoms with van der Waals surface area (Å²) in [5.41, 5.74) is 2.34. The Morgan fingerprint density at radius 1 is 1.67 bits per heavy atom. The highest BCUT2D eigenvalue weighted by Gasteiger charge is 2.34. The van der Waals surface area contributed by atoms with E-state index < -0.39 is 17.8 Å². The number of amides is 2. The van der Waals surface area contributed by atoms with Crippen molar-refractivity contribution in [1.29, 1.82) is 0 Å². The van der Waals surface area contributed by atoms with Crippen LogP contribution in [-0.2, 0) is 19.1 Å². The summed E-state index contributed by atoms with van der Waals surface area (Å²) in [5.74, 6) is -1.98. The lowest BCUT2D eigenvalue weighted by molar-refractivity contribution is -0.143. The number of halogens is 1. The molecule has 0 aromatic heterocycles. The van der Waals surface area contributed by atoms with Crippen LogP contribution in [0.25, 0.3) is 0 Å². The number of ether oxygens (including phenoxy) is 1. The van der Waals surface area contributed by atoms with Crippen molar-refractivity contribution in [3.63, 3.8) is 0 Å². The third-order valence-electron chi connectivity index (χ3n) is 2.08. The minimum Gasteiger partial charge on any atom is -0.469 e. The molecule has 2 amide bonds. The zero-order chi connectivity index (χ0) is 11.4. The van der Waals surface area contributed by atoms with E-state index in [2.05, 4.69) is 10.2 Å². The van der Waals surface area contributed by atoms with Gasteiger partial charge in [0.2, 0.25) is 5.91 Å². The molecule has 0 radical (unpaired) electrons. The Morgan fingerprint density at radius 2 is 2.33 bits per heavy atom. The molecule has 0 unspecified atom stereocenters. The minimum atomic E-state index is -0.551. The molecule has 1 aliphatic heterocycles. The summed E-state index contributed by atoms with van der Waals surface area (Å²) in [6.07, 6.45) is -0.0333. The first-order valence-corrected chi connectivity index (χ1v) is 4.85.